The fraction of sp³-hybridized carbons (Fsp3) is 0.300. The molecular weight excluding hydrogens is 332 g/mol. The number of benzene rings is 2. The molecule has 0 aromatic heterocycles. The molecule has 0 spiro atoms. The van der Waals surface area contributed by atoms with Crippen LogP contribution in [0, 0.1) is 0 Å². The third-order valence-electron chi connectivity index (χ3n) is 4.45. The van der Waals surface area contributed by atoms with Crippen molar-refractivity contribution in [3.63, 3.8) is 0 Å². The first-order valence-corrected chi connectivity index (χ1v) is 8.73. The van der Waals surface area contributed by atoms with Gasteiger partial charge in [0.1, 0.15) is 5.75 Å². The lowest BCUT2D eigenvalue weighted by Crippen LogP contribution is -2.41. The van der Waals surface area contributed by atoms with E-state index < -0.39 is 5.97 Å². The Hall–Kier alpha value is -3.02. The number of ether oxygens (including phenoxy) is 1. The van der Waals surface area contributed by atoms with Crippen molar-refractivity contribution >= 4 is 17.7 Å². The predicted octanol–water partition coefficient (Wildman–Crippen LogP) is 3.90. The highest BCUT2D eigenvalue weighted by molar-refractivity contribution is 5.89. The Morgan fingerprint density at radius 1 is 0.923 bits per heavy atom. The molecule has 1 aliphatic rings. The smallest absolute Gasteiger partial charge is 0.335 e. The van der Waals surface area contributed by atoms with Crippen molar-refractivity contribution in [3.05, 3.63) is 60.2 Å². The Morgan fingerprint density at radius 2 is 1.58 bits per heavy atom. The van der Waals surface area contributed by atoms with Gasteiger partial charge in [0.15, 0.2) is 0 Å². The minimum atomic E-state index is -0.947. The number of para-hydroxylation sites is 1. The molecule has 0 bridgehead atoms. The molecule has 1 aliphatic carbocycles. The van der Waals surface area contributed by atoms with E-state index in [1.807, 2.05) is 30.3 Å². The molecule has 3 N–H and O–H groups in total. The summed E-state index contributed by atoms with van der Waals surface area (Å²) in [5.74, 6) is -0.273. The number of anilines is 1. The molecule has 0 saturated heterocycles. The molecule has 1 fully saturated rings. The van der Waals surface area contributed by atoms with E-state index in [1.165, 1.54) is 0 Å². The Bertz CT molecular complexity index is 738. The van der Waals surface area contributed by atoms with E-state index in [9.17, 15) is 9.59 Å². The third kappa shape index (κ3) is 4.99. The van der Waals surface area contributed by atoms with Crippen molar-refractivity contribution in [2.75, 3.05) is 5.32 Å². The van der Waals surface area contributed by atoms with Crippen LogP contribution in [0.4, 0.5) is 10.5 Å². The third-order valence-corrected chi connectivity index (χ3v) is 4.45. The Labute approximate surface area is 152 Å². The summed E-state index contributed by atoms with van der Waals surface area (Å²) >= 11 is 0. The first kappa shape index (κ1) is 17.8. The highest BCUT2D eigenvalue weighted by atomic mass is 16.5. The van der Waals surface area contributed by atoms with Gasteiger partial charge < -0.3 is 20.5 Å². The lowest BCUT2D eigenvalue weighted by Gasteiger charge is -2.29. The quantitative estimate of drug-likeness (QED) is 0.760. The number of carboxylic acid groups (broad SMARTS) is 1. The summed E-state index contributed by atoms with van der Waals surface area (Å²) in [6.45, 7) is 0. The van der Waals surface area contributed by atoms with Crippen molar-refractivity contribution in [1.29, 1.82) is 0 Å². The summed E-state index contributed by atoms with van der Waals surface area (Å²) in [6, 6.07) is 15.7. The maximum atomic E-state index is 12.0. The Balaban J connectivity index is 1.42. The zero-order chi connectivity index (χ0) is 18.4. The normalized spacial score (nSPS) is 19.4. The van der Waals surface area contributed by atoms with Gasteiger partial charge in [-0.3, -0.25) is 0 Å². The van der Waals surface area contributed by atoms with Crippen LogP contribution in [-0.2, 0) is 0 Å². The van der Waals surface area contributed by atoms with Crippen molar-refractivity contribution in [2.45, 2.75) is 37.8 Å². The van der Waals surface area contributed by atoms with Crippen LogP contribution in [0.2, 0.25) is 0 Å². The van der Waals surface area contributed by atoms with Gasteiger partial charge >= 0.3 is 12.0 Å². The van der Waals surface area contributed by atoms with Gasteiger partial charge in [-0.25, -0.2) is 9.59 Å². The van der Waals surface area contributed by atoms with Crippen LogP contribution < -0.4 is 15.4 Å². The molecule has 26 heavy (non-hydrogen) atoms. The number of nitrogens with one attached hydrogen (secondary N) is 2. The minimum absolute atomic E-state index is 0.0842. The molecule has 2 aromatic rings. The van der Waals surface area contributed by atoms with Gasteiger partial charge in [-0.05, 0) is 62.1 Å². The maximum Gasteiger partial charge on any atom is 0.335 e. The molecule has 0 atom stereocenters. The van der Waals surface area contributed by atoms with E-state index in [2.05, 4.69) is 10.6 Å². The van der Waals surface area contributed by atoms with Gasteiger partial charge in [0, 0.05) is 11.7 Å². The van der Waals surface area contributed by atoms with Crippen LogP contribution in [-0.4, -0.2) is 29.3 Å². The monoisotopic (exact) mass is 354 g/mol. The van der Waals surface area contributed by atoms with E-state index in [1.54, 1.807) is 24.3 Å². The number of carboxylic acids is 1. The van der Waals surface area contributed by atoms with Crippen LogP contribution in [0.5, 0.6) is 5.75 Å². The van der Waals surface area contributed by atoms with Crippen LogP contribution in [0.15, 0.2) is 54.6 Å². The highest BCUT2D eigenvalue weighted by Crippen LogP contribution is 2.24. The molecule has 2 aromatic carbocycles. The molecule has 3 rings (SSSR count). The van der Waals surface area contributed by atoms with Gasteiger partial charge in [-0.15, -0.1) is 0 Å². The van der Waals surface area contributed by atoms with Gasteiger partial charge in [0.25, 0.3) is 0 Å². The summed E-state index contributed by atoms with van der Waals surface area (Å²) in [7, 11) is 0. The molecule has 6 heteroatoms. The summed E-state index contributed by atoms with van der Waals surface area (Å²) in [5, 5.41) is 14.7. The van der Waals surface area contributed by atoms with Gasteiger partial charge in [-0.1, -0.05) is 18.2 Å². The summed E-state index contributed by atoms with van der Waals surface area (Å²) in [5.41, 5.74) is 1.02. The van der Waals surface area contributed by atoms with Crippen molar-refractivity contribution in [3.8, 4) is 5.75 Å². The number of aromatic carboxylic acids is 1. The molecule has 136 valence electrons. The summed E-state index contributed by atoms with van der Waals surface area (Å²) < 4.78 is 5.92. The fourth-order valence-corrected chi connectivity index (χ4v) is 3.07. The lowest BCUT2D eigenvalue weighted by molar-refractivity contribution is 0.0696. The van der Waals surface area contributed by atoms with Crippen LogP contribution in [0.25, 0.3) is 0 Å². The van der Waals surface area contributed by atoms with Gasteiger partial charge in [0.05, 0.1) is 11.7 Å². The molecule has 0 radical (unpaired) electrons. The maximum absolute atomic E-state index is 12.0. The summed E-state index contributed by atoms with van der Waals surface area (Å²) in [6.07, 6.45) is 3.47. The van der Waals surface area contributed by atoms with Crippen LogP contribution in [0.3, 0.4) is 0 Å². The van der Waals surface area contributed by atoms with E-state index >= 15 is 0 Å². The van der Waals surface area contributed by atoms with Crippen molar-refractivity contribution in [2.24, 2.45) is 0 Å². The zero-order valence-electron chi connectivity index (χ0n) is 14.4. The number of rotatable bonds is 5. The number of amides is 2. The molecular formula is C20H22N2O4. The predicted molar refractivity (Wildman–Crippen MR) is 98.7 cm³/mol. The first-order chi connectivity index (χ1) is 12.6. The van der Waals surface area contributed by atoms with E-state index in [0.29, 0.717) is 5.75 Å². The largest absolute Gasteiger partial charge is 0.490 e. The van der Waals surface area contributed by atoms with Gasteiger partial charge in [0.2, 0.25) is 0 Å². The SMILES string of the molecule is O=C(Nc1ccccc1)N[C@H]1CC[C@H](Oc2ccc(C(=O)O)cc2)CC1. The number of urea groups is 1. The second kappa shape index (κ2) is 8.38. The average Bonchev–Trinajstić information content (AvgIpc) is 2.64. The number of carbonyl (C=O) groups is 2. The average molecular weight is 354 g/mol. The highest BCUT2D eigenvalue weighted by Gasteiger charge is 2.23. The number of carbonyl (C=O) groups excluding carboxylic acids is 1. The molecule has 6 nitrogen and oxygen atoms in total. The van der Waals surface area contributed by atoms with Crippen LogP contribution in [0.1, 0.15) is 36.0 Å². The minimum Gasteiger partial charge on any atom is -0.490 e. The molecule has 0 heterocycles. The fourth-order valence-electron chi connectivity index (χ4n) is 3.07. The Kier molecular flexibility index (Phi) is 5.73. The van der Waals surface area contributed by atoms with Crippen molar-refractivity contribution in [1.82, 2.24) is 5.32 Å². The van der Waals surface area contributed by atoms with E-state index in [-0.39, 0.29) is 23.7 Å². The number of hydrogen-bond donors (Lipinski definition) is 3. The number of hydrogen-bond acceptors (Lipinski definition) is 3. The molecule has 0 unspecified atom stereocenters. The Morgan fingerprint density at radius 3 is 2.19 bits per heavy atom. The topological polar surface area (TPSA) is 87.7 Å². The van der Waals surface area contributed by atoms with E-state index in [0.717, 1.165) is 31.4 Å². The summed E-state index contributed by atoms with van der Waals surface area (Å²) in [4.78, 5) is 22.9. The zero-order valence-corrected chi connectivity index (χ0v) is 14.4. The lowest BCUT2D eigenvalue weighted by atomic mass is 9.93. The van der Waals surface area contributed by atoms with E-state index in [4.69, 9.17) is 9.84 Å². The second-order valence-corrected chi connectivity index (χ2v) is 6.39. The van der Waals surface area contributed by atoms with Gasteiger partial charge in [-0.2, -0.15) is 0 Å². The first-order valence-electron chi connectivity index (χ1n) is 8.73. The molecule has 0 aliphatic heterocycles. The molecule has 1 saturated carbocycles. The van der Waals surface area contributed by atoms with Crippen LogP contribution >= 0.6 is 0 Å². The molecule has 2 amide bonds. The van der Waals surface area contributed by atoms with Crippen molar-refractivity contribution < 1.29 is 19.4 Å². The second-order valence-electron chi connectivity index (χ2n) is 6.39. The standard InChI is InChI=1S/C20H22N2O4/c23-19(24)14-6-10-17(11-7-14)26-18-12-8-16(9-13-18)22-20(25)21-15-4-2-1-3-5-15/h1-7,10-11,16,18H,8-9,12-13H2,(H,23,24)(H2,21,22,25)/t16-,18-.